The summed E-state index contributed by atoms with van der Waals surface area (Å²) in [6.07, 6.45) is 3.65. The standard InChI is InChI=1S/C10H11N3S/c1-8-2-3-9(6-12-8)13-7-10-11-4-5-14-10/h2-6,13H,7H2,1H3. The molecule has 0 aliphatic rings. The first kappa shape index (κ1) is 9.15. The Morgan fingerprint density at radius 2 is 2.29 bits per heavy atom. The zero-order valence-corrected chi connectivity index (χ0v) is 8.71. The first-order valence-corrected chi connectivity index (χ1v) is 5.27. The zero-order valence-electron chi connectivity index (χ0n) is 7.90. The molecule has 1 N–H and O–H groups in total. The van der Waals surface area contributed by atoms with Crippen LogP contribution in [-0.4, -0.2) is 9.97 Å². The summed E-state index contributed by atoms with van der Waals surface area (Å²) in [7, 11) is 0. The van der Waals surface area contributed by atoms with E-state index in [1.807, 2.05) is 36.8 Å². The van der Waals surface area contributed by atoms with Gasteiger partial charge in [0.2, 0.25) is 0 Å². The Bertz CT molecular complexity index is 380. The summed E-state index contributed by atoms with van der Waals surface area (Å²) < 4.78 is 0. The van der Waals surface area contributed by atoms with Crippen LogP contribution < -0.4 is 5.32 Å². The highest BCUT2D eigenvalue weighted by molar-refractivity contribution is 7.09. The van der Waals surface area contributed by atoms with Crippen LogP contribution in [0.25, 0.3) is 0 Å². The topological polar surface area (TPSA) is 37.8 Å². The van der Waals surface area contributed by atoms with E-state index >= 15 is 0 Å². The number of nitrogens with one attached hydrogen (secondary N) is 1. The van der Waals surface area contributed by atoms with Crippen molar-refractivity contribution in [3.63, 3.8) is 0 Å². The van der Waals surface area contributed by atoms with Crippen LogP contribution in [0.4, 0.5) is 5.69 Å². The predicted molar refractivity (Wildman–Crippen MR) is 58.4 cm³/mol. The van der Waals surface area contributed by atoms with Gasteiger partial charge >= 0.3 is 0 Å². The van der Waals surface area contributed by atoms with Crippen LogP contribution >= 0.6 is 11.3 Å². The first-order valence-electron chi connectivity index (χ1n) is 4.39. The van der Waals surface area contributed by atoms with E-state index in [1.165, 1.54) is 0 Å². The molecule has 0 spiro atoms. The Balaban J connectivity index is 1.95. The fourth-order valence-electron chi connectivity index (χ4n) is 1.09. The molecule has 3 nitrogen and oxygen atoms in total. The van der Waals surface area contributed by atoms with Crippen molar-refractivity contribution in [3.8, 4) is 0 Å². The summed E-state index contributed by atoms with van der Waals surface area (Å²) in [6.45, 7) is 2.74. The SMILES string of the molecule is Cc1ccc(NCc2nccs2)cn1. The number of nitrogens with zero attached hydrogens (tertiary/aromatic N) is 2. The summed E-state index contributed by atoms with van der Waals surface area (Å²) in [5, 5.41) is 6.32. The highest BCUT2D eigenvalue weighted by Gasteiger charge is 1.95. The molecule has 2 heterocycles. The fourth-order valence-corrected chi connectivity index (χ4v) is 1.65. The van der Waals surface area contributed by atoms with Crippen molar-refractivity contribution in [3.05, 3.63) is 40.6 Å². The summed E-state index contributed by atoms with van der Waals surface area (Å²) in [5.41, 5.74) is 2.07. The molecule has 72 valence electrons. The van der Waals surface area contributed by atoms with Crippen molar-refractivity contribution in [1.82, 2.24) is 9.97 Å². The maximum Gasteiger partial charge on any atom is 0.112 e. The van der Waals surface area contributed by atoms with E-state index in [1.54, 1.807) is 11.3 Å². The average molecular weight is 205 g/mol. The van der Waals surface area contributed by atoms with E-state index in [2.05, 4.69) is 15.3 Å². The van der Waals surface area contributed by atoms with Crippen LogP contribution in [0.1, 0.15) is 10.7 Å². The van der Waals surface area contributed by atoms with Gasteiger partial charge in [-0.15, -0.1) is 11.3 Å². The fraction of sp³-hybridized carbons (Fsp3) is 0.200. The summed E-state index contributed by atoms with van der Waals surface area (Å²) in [5.74, 6) is 0. The lowest BCUT2D eigenvalue weighted by molar-refractivity contribution is 1.09. The molecule has 4 heteroatoms. The molecular weight excluding hydrogens is 194 g/mol. The number of hydrogen-bond acceptors (Lipinski definition) is 4. The lowest BCUT2D eigenvalue weighted by Crippen LogP contribution is -1.99. The van der Waals surface area contributed by atoms with Crippen LogP contribution in [0.3, 0.4) is 0 Å². The molecule has 2 aromatic rings. The smallest absolute Gasteiger partial charge is 0.112 e. The number of hydrogen-bond donors (Lipinski definition) is 1. The van der Waals surface area contributed by atoms with E-state index in [0.29, 0.717) is 0 Å². The van der Waals surface area contributed by atoms with Gasteiger partial charge in [0.15, 0.2) is 0 Å². The Kier molecular flexibility index (Phi) is 2.74. The Hall–Kier alpha value is -1.42. The van der Waals surface area contributed by atoms with Gasteiger partial charge in [0, 0.05) is 17.3 Å². The van der Waals surface area contributed by atoms with Crippen LogP contribution in [0.5, 0.6) is 0 Å². The largest absolute Gasteiger partial charge is 0.377 e. The van der Waals surface area contributed by atoms with Gasteiger partial charge in [0.05, 0.1) is 18.4 Å². The number of aryl methyl sites for hydroxylation is 1. The van der Waals surface area contributed by atoms with Gasteiger partial charge < -0.3 is 5.32 Å². The monoisotopic (exact) mass is 205 g/mol. The second kappa shape index (κ2) is 4.19. The Morgan fingerprint density at radius 3 is 2.93 bits per heavy atom. The molecule has 0 unspecified atom stereocenters. The Labute approximate surface area is 86.8 Å². The highest BCUT2D eigenvalue weighted by Crippen LogP contribution is 2.09. The summed E-state index contributed by atoms with van der Waals surface area (Å²) >= 11 is 1.65. The Morgan fingerprint density at radius 1 is 1.36 bits per heavy atom. The molecule has 2 rings (SSSR count). The van der Waals surface area contributed by atoms with Crippen molar-refractivity contribution in [2.75, 3.05) is 5.32 Å². The maximum atomic E-state index is 4.20. The van der Waals surface area contributed by atoms with Crippen molar-refractivity contribution >= 4 is 17.0 Å². The number of rotatable bonds is 3. The van der Waals surface area contributed by atoms with Crippen molar-refractivity contribution in [2.45, 2.75) is 13.5 Å². The van der Waals surface area contributed by atoms with Gasteiger partial charge in [-0.2, -0.15) is 0 Å². The zero-order chi connectivity index (χ0) is 9.80. The molecule has 0 aliphatic carbocycles. The maximum absolute atomic E-state index is 4.20. The molecule has 0 atom stereocenters. The van der Waals surface area contributed by atoms with Crippen LogP contribution in [0.2, 0.25) is 0 Å². The summed E-state index contributed by atoms with van der Waals surface area (Å²) in [6, 6.07) is 4.01. The molecule has 0 saturated carbocycles. The van der Waals surface area contributed by atoms with E-state index < -0.39 is 0 Å². The molecule has 0 radical (unpaired) electrons. The number of thiazole rings is 1. The van der Waals surface area contributed by atoms with Gasteiger partial charge in [-0.25, -0.2) is 4.98 Å². The normalized spacial score (nSPS) is 10.1. The molecular formula is C10H11N3S. The van der Waals surface area contributed by atoms with Crippen molar-refractivity contribution in [1.29, 1.82) is 0 Å². The van der Waals surface area contributed by atoms with E-state index in [4.69, 9.17) is 0 Å². The molecule has 2 aromatic heterocycles. The molecule has 0 aromatic carbocycles. The number of anilines is 1. The molecule has 14 heavy (non-hydrogen) atoms. The predicted octanol–water partition coefficient (Wildman–Crippen LogP) is 2.46. The molecule has 0 fully saturated rings. The lowest BCUT2D eigenvalue weighted by atomic mass is 10.3. The van der Waals surface area contributed by atoms with Gasteiger partial charge in [-0.05, 0) is 19.1 Å². The molecule has 0 bridgehead atoms. The lowest BCUT2D eigenvalue weighted by Gasteiger charge is -2.03. The minimum absolute atomic E-state index is 0.766. The second-order valence-electron chi connectivity index (χ2n) is 2.97. The first-order chi connectivity index (χ1) is 6.84. The third-order valence-electron chi connectivity index (χ3n) is 1.84. The van der Waals surface area contributed by atoms with E-state index in [9.17, 15) is 0 Å². The molecule has 0 aliphatic heterocycles. The van der Waals surface area contributed by atoms with Gasteiger partial charge in [-0.1, -0.05) is 0 Å². The quantitative estimate of drug-likeness (QED) is 0.836. The molecule has 0 amide bonds. The molecule has 0 saturated heterocycles. The minimum atomic E-state index is 0.766. The van der Waals surface area contributed by atoms with Gasteiger partial charge in [0.1, 0.15) is 5.01 Å². The van der Waals surface area contributed by atoms with Crippen LogP contribution in [0.15, 0.2) is 29.9 Å². The van der Waals surface area contributed by atoms with Gasteiger partial charge in [-0.3, -0.25) is 4.98 Å². The highest BCUT2D eigenvalue weighted by atomic mass is 32.1. The second-order valence-corrected chi connectivity index (χ2v) is 3.95. The third kappa shape index (κ3) is 2.29. The average Bonchev–Trinajstić information content (AvgIpc) is 2.70. The minimum Gasteiger partial charge on any atom is -0.377 e. The van der Waals surface area contributed by atoms with E-state index in [0.717, 1.165) is 22.9 Å². The van der Waals surface area contributed by atoms with Crippen molar-refractivity contribution < 1.29 is 0 Å². The summed E-state index contributed by atoms with van der Waals surface area (Å²) in [4.78, 5) is 8.38. The van der Waals surface area contributed by atoms with E-state index in [-0.39, 0.29) is 0 Å². The number of aromatic nitrogens is 2. The number of pyridine rings is 1. The van der Waals surface area contributed by atoms with Crippen LogP contribution in [-0.2, 0) is 6.54 Å². The van der Waals surface area contributed by atoms with Gasteiger partial charge in [0.25, 0.3) is 0 Å². The van der Waals surface area contributed by atoms with Crippen molar-refractivity contribution in [2.24, 2.45) is 0 Å². The third-order valence-corrected chi connectivity index (χ3v) is 2.62. The van der Waals surface area contributed by atoms with Crippen LogP contribution in [0, 0.1) is 6.92 Å².